The molecule has 120 valence electrons. The van der Waals surface area contributed by atoms with Crippen LogP contribution in [-0.4, -0.2) is 32.8 Å². The van der Waals surface area contributed by atoms with Crippen LogP contribution in [0.15, 0.2) is 36.4 Å². The average molecular weight is 303 g/mol. The fourth-order valence-corrected chi connectivity index (χ4v) is 3.07. The second kappa shape index (κ2) is 7.87. The number of hydrogen-bond donors (Lipinski definition) is 0. The molecule has 2 atom stereocenters. The molecular formula is C18H25NO3. The van der Waals surface area contributed by atoms with Crippen LogP contribution in [0.1, 0.15) is 26.2 Å². The van der Waals surface area contributed by atoms with Crippen LogP contribution in [0.5, 0.6) is 5.75 Å². The maximum absolute atomic E-state index is 12.4. The summed E-state index contributed by atoms with van der Waals surface area (Å²) in [5.74, 6) is 0.837. The first-order chi connectivity index (χ1) is 10.7. The van der Waals surface area contributed by atoms with Crippen LogP contribution in [0.2, 0.25) is 0 Å². The van der Waals surface area contributed by atoms with Crippen molar-refractivity contribution in [1.29, 1.82) is 0 Å². The Morgan fingerprint density at radius 3 is 2.55 bits per heavy atom. The van der Waals surface area contributed by atoms with Gasteiger partial charge in [-0.1, -0.05) is 12.2 Å². The van der Waals surface area contributed by atoms with E-state index in [2.05, 4.69) is 24.0 Å². The number of carbonyl (C=O) groups excluding carboxylic acids is 1. The molecule has 22 heavy (non-hydrogen) atoms. The fourth-order valence-electron chi connectivity index (χ4n) is 3.07. The number of ether oxygens (including phenoxy) is 2. The van der Waals surface area contributed by atoms with Crippen LogP contribution < -0.4 is 9.64 Å². The summed E-state index contributed by atoms with van der Waals surface area (Å²) in [5, 5.41) is 0. The predicted molar refractivity (Wildman–Crippen MR) is 88.3 cm³/mol. The summed E-state index contributed by atoms with van der Waals surface area (Å²) >= 11 is 0. The third-order valence-electron chi connectivity index (χ3n) is 4.22. The molecule has 1 aliphatic rings. The highest BCUT2D eigenvalue weighted by atomic mass is 16.5. The van der Waals surface area contributed by atoms with E-state index in [1.54, 1.807) is 7.11 Å². The lowest BCUT2D eigenvalue weighted by Gasteiger charge is -2.36. The van der Waals surface area contributed by atoms with Gasteiger partial charge in [0.05, 0.1) is 14.2 Å². The Hall–Kier alpha value is -1.97. The molecule has 0 saturated heterocycles. The van der Waals surface area contributed by atoms with Crippen LogP contribution in [-0.2, 0) is 9.53 Å². The predicted octanol–water partition coefficient (Wildman–Crippen LogP) is 3.42. The number of carbonyl (C=O) groups is 1. The molecule has 1 aromatic carbocycles. The van der Waals surface area contributed by atoms with Gasteiger partial charge in [-0.3, -0.25) is 0 Å². The first kappa shape index (κ1) is 16.4. The van der Waals surface area contributed by atoms with E-state index in [1.165, 1.54) is 7.11 Å². The van der Waals surface area contributed by atoms with Crippen LogP contribution in [0.3, 0.4) is 0 Å². The largest absolute Gasteiger partial charge is 0.497 e. The number of rotatable bonds is 6. The van der Waals surface area contributed by atoms with E-state index < -0.39 is 0 Å². The SMILES string of the molecule is CCN(c1ccc(OC)cc1)C(C(=O)OC)C1C=CCCC1. The summed E-state index contributed by atoms with van der Waals surface area (Å²) in [6.45, 7) is 2.81. The van der Waals surface area contributed by atoms with Crippen LogP contribution in [0.4, 0.5) is 5.69 Å². The molecule has 0 amide bonds. The highest BCUT2D eigenvalue weighted by molar-refractivity contribution is 5.81. The lowest BCUT2D eigenvalue weighted by molar-refractivity contribution is -0.143. The van der Waals surface area contributed by atoms with Crippen molar-refractivity contribution >= 4 is 11.7 Å². The van der Waals surface area contributed by atoms with Crippen molar-refractivity contribution in [2.45, 2.75) is 32.2 Å². The molecule has 1 aliphatic carbocycles. The topological polar surface area (TPSA) is 38.8 Å². The Kier molecular flexibility index (Phi) is 5.87. The number of allylic oxidation sites excluding steroid dienone is 1. The van der Waals surface area contributed by atoms with Gasteiger partial charge in [0.2, 0.25) is 0 Å². The average Bonchev–Trinajstić information content (AvgIpc) is 2.60. The lowest BCUT2D eigenvalue weighted by Crippen LogP contribution is -2.47. The Morgan fingerprint density at radius 1 is 1.32 bits per heavy atom. The number of methoxy groups -OCH3 is 2. The molecule has 1 aromatic rings. The molecule has 0 fully saturated rings. The van der Waals surface area contributed by atoms with Gasteiger partial charge in [-0.2, -0.15) is 0 Å². The van der Waals surface area contributed by atoms with Gasteiger partial charge < -0.3 is 14.4 Å². The van der Waals surface area contributed by atoms with Crippen molar-refractivity contribution < 1.29 is 14.3 Å². The quantitative estimate of drug-likeness (QED) is 0.596. The van der Waals surface area contributed by atoms with Gasteiger partial charge >= 0.3 is 5.97 Å². The van der Waals surface area contributed by atoms with Gasteiger partial charge in [-0.25, -0.2) is 4.79 Å². The molecule has 0 aliphatic heterocycles. The zero-order valence-electron chi connectivity index (χ0n) is 13.6. The van der Waals surface area contributed by atoms with Gasteiger partial charge in [-0.15, -0.1) is 0 Å². The van der Waals surface area contributed by atoms with Crippen molar-refractivity contribution in [3.05, 3.63) is 36.4 Å². The number of likely N-dealkylation sites (N-methyl/N-ethyl adjacent to an activating group) is 1. The smallest absolute Gasteiger partial charge is 0.329 e. The summed E-state index contributed by atoms with van der Waals surface area (Å²) < 4.78 is 10.3. The maximum atomic E-state index is 12.4. The number of benzene rings is 1. The van der Waals surface area contributed by atoms with E-state index in [0.29, 0.717) is 0 Å². The monoisotopic (exact) mass is 303 g/mol. The second-order valence-electron chi connectivity index (χ2n) is 5.47. The van der Waals surface area contributed by atoms with Crippen molar-refractivity contribution in [3.8, 4) is 5.75 Å². The highest BCUT2D eigenvalue weighted by Gasteiger charge is 2.33. The first-order valence-corrected chi connectivity index (χ1v) is 7.86. The van der Waals surface area contributed by atoms with Crippen molar-refractivity contribution in [2.24, 2.45) is 5.92 Å². The molecule has 0 radical (unpaired) electrons. The Labute approximate surface area is 132 Å². The molecule has 0 saturated carbocycles. The minimum Gasteiger partial charge on any atom is -0.497 e. The normalized spacial score (nSPS) is 18.6. The maximum Gasteiger partial charge on any atom is 0.329 e. The summed E-state index contributed by atoms with van der Waals surface area (Å²) in [7, 11) is 3.11. The summed E-state index contributed by atoms with van der Waals surface area (Å²) in [4.78, 5) is 14.5. The molecule has 0 bridgehead atoms. The lowest BCUT2D eigenvalue weighted by atomic mass is 9.88. The van der Waals surface area contributed by atoms with E-state index in [4.69, 9.17) is 9.47 Å². The molecular weight excluding hydrogens is 278 g/mol. The fraction of sp³-hybridized carbons (Fsp3) is 0.500. The van der Waals surface area contributed by atoms with Gasteiger partial charge in [0.25, 0.3) is 0 Å². The molecule has 0 aromatic heterocycles. The van der Waals surface area contributed by atoms with Crippen molar-refractivity contribution in [1.82, 2.24) is 0 Å². The van der Waals surface area contributed by atoms with Gasteiger partial charge in [0, 0.05) is 18.2 Å². The minimum atomic E-state index is -0.278. The molecule has 0 spiro atoms. The third kappa shape index (κ3) is 3.62. The van der Waals surface area contributed by atoms with Gasteiger partial charge in [-0.05, 0) is 50.5 Å². The number of nitrogens with zero attached hydrogens (tertiary/aromatic N) is 1. The van der Waals surface area contributed by atoms with E-state index >= 15 is 0 Å². The van der Waals surface area contributed by atoms with E-state index in [-0.39, 0.29) is 17.9 Å². The molecule has 0 N–H and O–H groups in total. The second-order valence-corrected chi connectivity index (χ2v) is 5.47. The Morgan fingerprint density at radius 2 is 2.05 bits per heavy atom. The number of hydrogen-bond acceptors (Lipinski definition) is 4. The molecule has 2 rings (SSSR count). The summed E-state index contributed by atoms with van der Waals surface area (Å²) in [6.07, 6.45) is 7.57. The molecule has 4 nitrogen and oxygen atoms in total. The molecule has 4 heteroatoms. The van der Waals surface area contributed by atoms with E-state index in [9.17, 15) is 4.79 Å². The zero-order chi connectivity index (χ0) is 15.9. The zero-order valence-corrected chi connectivity index (χ0v) is 13.6. The minimum absolute atomic E-state index is 0.172. The van der Waals surface area contributed by atoms with Gasteiger partial charge in [0.15, 0.2) is 0 Å². The van der Waals surface area contributed by atoms with Crippen LogP contribution >= 0.6 is 0 Å². The van der Waals surface area contributed by atoms with Gasteiger partial charge in [0.1, 0.15) is 11.8 Å². The molecule has 0 heterocycles. The van der Waals surface area contributed by atoms with E-state index in [0.717, 1.165) is 37.2 Å². The number of anilines is 1. The van der Waals surface area contributed by atoms with Crippen molar-refractivity contribution in [2.75, 3.05) is 25.7 Å². The van der Waals surface area contributed by atoms with E-state index in [1.807, 2.05) is 24.3 Å². The van der Waals surface area contributed by atoms with Crippen LogP contribution in [0.25, 0.3) is 0 Å². The summed E-state index contributed by atoms with van der Waals surface area (Å²) in [5.41, 5.74) is 1.01. The molecule has 2 unspecified atom stereocenters. The highest BCUT2D eigenvalue weighted by Crippen LogP contribution is 2.29. The number of esters is 1. The van der Waals surface area contributed by atoms with Crippen molar-refractivity contribution in [3.63, 3.8) is 0 Å². The van der Waals surface area contributed by atoms with Crippen LogP contribution in [0, 0.1) is 5.92 Å². The first-order valence-electron chi connectivity index (χ1n) is 7.86. The standard InChI is InChI=1S/C18H25NO3/c1-4-19(15-10-12-16(21-2)13-11-15)17(18(20)22-3)14-8-6-5-7-9-14/h6,8,10-14,17H,4-5,7,9H2,1-3H3. The summed E-state index contributed by atoms with van der Waals surface area (Å²) in [6, 6.07) is 7.54. The third-order valence-corrected chi connectivity index (χ3v) is 4.22. The Bertz CT molecular complexity index is 510. The Balaban J connectivity index is 2.30.